The fraction of sp³-hybridized carbons (Fsp3) is 0.0577. The third-order valence-corrected chi connectivity index (χ3v) is 13.4. The monoisotopic (exact) mass is 718 g/mol. The van der Waals surface area contributed by atoms with Gasteiger partial charge in [0, 0.05) is 69.3 Å². The topological polar surface area (TPSA) is 17.8 Å². The van der Waals surface area contributed by atoms with Crippen LogP contribution in [0.1, 0.15) is 25.0 Å². The lowest BCUT2D eigenvalue weighted by Gasteiger charge is -2.22. The molecule has 3 heteroatoms. The molecular formula is C52H34N2S. The van der Waals surface area contributed by atoms with E-state index in [1.165, 1.54) is 97.2 Å². The van der Waals surface area contributed by atoms with Crippen molar-refractivity contribution in [3.05, 3.63) is 181 Å². The Morgan fingerprint density at radius 1 is 0.473 bits per heavy atom. The SMILES string of the molecule is CC1(C)c2ccccc2-c2ccc(-c3nc4ccccc4c4c3cc(-c3ccc5c(c3)c3ccccc3n5-c3ccccc3)c3sc5ccccc5c34)cc21. The van der Waals surface area contributed by atoms with E-state index in [0.29, 0.717) is 0 Å². The van der Waals surface area contributed by atoms with Crippen LogP contribution < -0.4 is 0 Å². The van der Waals surface area contributed by atoms with Gasteiger partial charge in [0.25, 0.3) is 0 Å². The summed E-state index contributed by atoms with van der Waals surface area (Å²) in [5.41, 5.74) is 14.6. The van der Waals surface area contributed by atoms with Crippen molar-refractivity contribution in [1.29, 1.82) is 0 Å². The highest BCUT2D eigenvalue weighted by Gasteiger charge is 2.35. The van der Waals surface area contributed by atoms with E-state index in [0.717, 1.165) is 16.8 Å². The van der Waals surface area contributed by atoms with E-state index in [4.69, 9.17) is 4.98 Å². The van der Waals surface area contributed by atoms with E-state index < -0.39 is 0 Å². The van der Waals surface area contributed by atoms with Gasteiger partial charge in [0.05, 0.1) is 22.2 Å². The average Bonchev–Trinajstić information content (AvgIpc) is 3.86. The van der Waals surface area contributed by atoms with Gasteiger partial charge in [-0.25, -0.2) is 4.98 Å². The molecule has 0 N–H and O–H groups in total. The second kappa shape index (κ2) is 11.2. The standard InChI is InChI=1S/C52H34N2S/c1-52(2)42-20-10-6-16-34(42)35-26-24-32(29-43(35)52)50-41-30-39(51-49(38-19-9-13-23-47(38)55-51)48(41)37-18-7-11-21-44(37)53-50)31-25-27-46-40(28-31)36-17-8-12-22-45(36)54(46)33-14-4-3-5-15-33/h3-30H,1-2H3. The van der Waals surface area contributed by atoms with Gasteiger partial charge in [-0.3, -0.25) is 0 Å². The van der Waals surface area contributed by atoms with E-state index >= 15 is 0 Å². The summed E-state index contributed by atoms with van der Waals surface area (Å²) >= 11 is 1.90. The molecule has 0 spiro atoms. The molecule has 1 aliphatic carbocycles. The Bertz CT molecular complexity index is 3400. The quantitative estimate of drug-likeness (QED) is 0.166. The fourth-order valence-electron chi connectivity index (χ4n) is 9.61. The van der Waals surface area contributed by atoms with Crippen LogP contribution in [0.3, 0.4) is 0 Å². The van der Waals surface area contributed by atoms with E-state index in [2.05, 4.69) is 188 Å². The molecule has 3 aromatic heterocycles. The second-order valence-corrected chi connectivity index (χ2v) is 16.5. The third kappa shape index (κ3) is 4.27. The average molecular weight is 719 g/mol. The van der Waals surface area contributed by atoms with Crippen molar-refractivity contribution in [2.45, 2.75) is 19.3 Å². The molecule has 11 aromatic rings. The van der Waals surface area contributed by atoms with Crippen molar-refractivity contribution >= 4 is 75.0 Å². The number of thiophene rings is 1. The van der Waals surface area contributed by atoms with Gasteiger partial charge in [0.15, 0.2) is 0 Å². The molecule has 0 fully saturated rings. The maximum atomic E-state index is 5.53. The number of aromatic nitrogens is 2. The van der Waals surface area contributed by atoms with Gasteiger partial charge in [0.2, 0.25) is 0 Å². The van der Waals surface area contributed by atoms with Gasteiger partial charge in [-0.2, -0.15) is 0 Å². The van der Waals surface area contributed by atoms with Crippen molar-refractivity contribution in [3.8, 4) is 39.2 Å². The van der Waals surface area contributed by atoms with Gasteiger partial charge in [-0.1, -0.05) is 129 Å². The summed E-state index contributed by atoms with van der Waals surface area (Å²) in [7, 11) is 0. The highest BCUT2D eigenvalue weighted by Crippen LogP contribution is 2.52. The zero-order valence-electron chi connectivity index (χ0n) is 30.5. The number of para-hydroxylation sites is 3. The molecule has 55 heavy (non-hydrogen) atoms. The Kier molecular flexibility index (Phi) is 6.31. The minimum absolute atomic E-state index is 0.106. The van der Waals surface area contributed by atoms with Gasteiger partial charge in [-0.05, 0) is 82.4 Å². The van der Waals surface area contributed by atoms with Gasteiger partial charge in [-0.15, -0.1) is 11.3 Å². The van der Waals surface area contributed by atoms with Crippen LogP contribution in [-0.2, 0) is 5.41 Å². The first-order chi connectivity index (χ1) is 27.0. The first kappa shape index (κ1) is 30.9. The summed E-state index contributed by atoms with van der Waals surface area (Å²) in [5.74, 6) is 0. The zero-order chi connectivity index (χ0) is 36.4. The lowest BCUT2D eigenvalue weighted by molar-refractivity contribution is 0.660. The predicted molar refractivity (Wildman–Crippen MR) is 235 cm³/mol. The van der Waals surface area contributed by atoms with Gasteiger partial charge >= 0.3 is 0 Å². The van der Waals surface area contributed by atoms with E-state index in [1.807, 2.05) is 11.3 Å². The molecule has 12 rings (SSSR count). The predicted octanol–water partition coefficient (Wildman–Crippen LogP) is 14.5. The lowest BCUT2D eigenvalue weighted by atomic mass is 9.81. The molecule has 8 aromatic carbocycles. The summed E-state index contributed by atoms with van der Waals surface area (Å²) < 4.78 is 5.01. The number of pyridine rings is 1. The van der Waals surface area contributed by atoms with Crippen LogP contribution in [0.2, 0.25) is 0 Å². The first-order valence-corrected chi connectivity index (χ1v) is 19.9. The molecule has 0 bridgehead atoms. The molecule has 0 amide bonds. The van der Waals surface area contributed by atoms with Crippen LogP contribution in [-0.4, -0.2) is 9.55 Å². The van der Waals surface area contributed by atoms with Crippen LogP contribution in [0, 0.1) is 0 Å². The van der Waals surface area contributed by atoms with Crippen LogP contribution in [0.4, 0.5) is 0 Å². The first-order valence-electron chi connectivity index (χ1n) is 19.0. The van der Waals surface area contributed by atoms with Crippen LogP contribution in [0.25, 0.3) is 103 Å². The number of hydrogen-bond donors (Lipinski definition) is 0. The maximum absolute atomic E-state index is 5.53. The number of rotatable bonds is 3. The van der Waals surface area contributed by atoms with Crippen molar-refractivity contribution in [2.24, 2.45) is 0 Å². The molecule has 0 atom stereocenters. The number of fused-ring (bicyclic) bond motifs is 13. The van der Waals surface area contributed by atoms with Gasteiger partial charge < -0.3 is 4.57 Å². The molecular weight excluding hydrogens is 685 g/mol. The van der Waals surface area contributed by atoms with E-state index in [9.17, 15) is 0 Å². The zero-order valence-corrected chi connectivity index (χ0v) is 31.3. The molecule has 0 saturated heterocycles. The molecule has 0 radical (unpaired) electrons. The maximum Gasteiger partial charge on any atom is 0.0788 e. The minimum atomic E-state index is -0.106. The molecule has 258 valence electrons. The van der Waals surface area contributed by atoms with Crippen molar-refractivity contribution in [3.63, 3.8) is 0 Å². The van der Waals surface area contributed by atoms with E-state index in [-0.39, 0.29) is 5.41 Å². The Morgan fingerprint density at radius 3 is 2.05 bits per heavy atom. The Labute approximate surface area is 322 Å². The minimum Gasteiger partial charge on any atom is -0.309 e. The second-order valence-electron chi connectivity index (χ2n) is 15.5. The Balaban J connectivity index is 1.19. The summed E-state index contributed by atoms with van der Waals surface area (Å²) in [5, 5.41) is 8.77. The molecule has 3 heterocycles. The summed E-state index contributed by atoms with van der Waals surface area (Å²) in [6.07, 6.45) is 0. The molecule has 1 aliphatic rings. The van der Waals surface area contributed by atoms with Crippen molar-refractivity contribution in [2.75, 3.05) is 0 Å². The summed E-state index contributed by atoms with van der Waals surface area (Å²) in [6.45, 7) is 4.72. The third-order valence-electron chi connectivity index (χ3n) is 12.2. The Morgan fingerprint density at radius 2 is 1.16 bits per heavy atom. The number of benzene rings is 8. The lowest BCUT2D eigenvalue weighted by Crippen LogP contribution is -2.14. The summed E-state index contributed by atoms with van der Waals surface area (Å²) in [6, 6.07) is 62.6. The largest absolute Gasteiger partial charge is 0.309 e. The van der Waals surface area contributed by atoms with Crippen molar-refractivity contribution < 1.29 is 0 Å². The molecule has 0 aliphatic heterocycles. The molecule has 0 saturated carbocycles. The van der Waals surface area contributed by atoms with Crippen LogP contribution in [0.15, 0.2) is 170 Å². The number of nitrogens with zero attached hydrogens (tertiary/aromatic N) is 2. The van der Waals surface area contributed by atoms with Crippen LogP contribution >= 0.6 is 11.3 Å². The molecule has 2 nitrogen and oxygen atoms in total. The fourth-order valence-corrected chi connectivity index (χ4v) is 10.9. The van der Waals surface area contributed by atoms with Gasteiger partial charge in [0.1, 0.15) is 0 Å². The molecule has 0 unspecified atom stereocenters. The highest BCUT2D eigenvalue weighted by atomic mass is 32.1. The van der Waals surface area contributed by atoms with E-state index in [1.54, 1.807) is 0 Å². The van der Waals surface area contributed by atoms with Crippen LogP contribution in [0.5, 0.6) is 0 Å². The summed E-state index contributed by atoms with van der Waals surface area (Å²) in [4.78, 5) is 5.53. The number of hydrogen-bond acceptors (Lipinski definition) is 2. The van der Waals surface area contributed by atoms with Crippen molar-refractivity contribution in [1.82, 2.24) is 9.55 Å². The smallest absolute Gasteiger partial charge is 0.0788 e. The normalized spacial score (nSPS) is 13.4. The highest BCUT2D eigenvalue weighted by molar-refractivity contribution is 7.26. The Hall–Kier alpha value is -6.55.